The van der Waals surface area contributed by atoms with Gasteiger partial charge in [-0.3, -0.25) is 0 Å². The average Bonchev–Trinajstić information content (AvgIpc) is 1.50. The zero-order valence-electron chi connectivity index (χ0n) is 1.82. The van der Waals surface area contributed by atoms with Gasteiger partial charge in [-0.05, 0) is 0 Å². The Morgan fingerprint density at radius 1 is 0.667 bits per heavy atom. The standard InChI is InChI=1S/2Al.2O.2Sn.6H. The first-order valence-electron chi connectivity index (χ1n) is 0.408. The molecule has 0 aliphatic rings. The normalized spacial score (nSPS) is 1.33. The fourth-order valence-electron chi connectivity index (χ4n) is 0. The molecule has 4 radical (unpaired) electrons. The third-order valence-electron chi connectivity index (χ3n) is 0. The van der Waals surface area contributed by atoms with Crippen molar-refractivity contribution in [2.24, 2.45) is 0 Å². The van der Waals surface area contributed by atoms with Gasteiger partial charge in [0, 0.05) is 0 Å². The van der Waals surface area contributed by atoms with Crippen LogP contribution in [0.15, 0.2) is 0 Å². The summed E-state index contributed by atoms with van der Waals surface area (Å²) in [6.45, 7) is 0. The molecule has 0 bridgehead atoms. The van der Waals surface area contributed by atoms with Crippen LogP contribution in [-0.2, 0) is 6.15 Å². The van der Waals surface area contributed by atoms with E-state index in [1.807, 2.05) is 0 Å². The van der Waals surface area contributed by atoms with Crippen LogP contribution in [0.25, 0.3) is 0 Å². The van der Waals surface area contributed by atoms with E-state index in [1.165, 1.54) is 0 Å². The minimum atomic E-state index is 0. The van der Waals surface area contributed by atoms with E-state index in [1.54, 1.807) is 0 Å². The van der Waals surface area contributed by atoms with Gasteiger partial charge in [0.05, 0.1) is 0 Å². The summed E-state index contributed by atoms with van der Waals surface area (Å²) >= 11 is 0.600. The molecule has 32 valence electrons. The van der Waals surface area contributed by atoms with Crippen molar-refractivity contribution in [2.75, 3.05) is 0 Å². The first-order chi connectivity index (χ1) is 2.00. The van der Waals surface area contributed by atoms with Crippen molar-refractivity contribution >= 4 is 79.7 Å². The summed E-state index contributed by atoms with van der Waals surface area (Å²) in [4.78, 5) is 0. The van der Waals surface area contributed by atoms with Crippen LogP contribution in [0.2, 0.25) is 0 Å². The fraction of sp³-hybridized carbons (Fsp3) is 0. The van der Waals surface area contributed by atoms with E-state index >= 15 is 0 Å². The van der Waals surface area contributed by atoms with Gasteiger partial charge in [0.15, 0.2) is 34.7 Å². The maximum absolute atomic E-state index is 8.34. The van der Waals surface area contributed by atoms with E-state index in [9.17, 15) is 0 Å². The van der Waals surface area contributed by atoms with Gasteiger partial charge in [0.1, 0.15) is 0 Å². The third kappa shape index (κ3) is 33.9. The maximum atomic E-state index is 8.34. The molecule has 0 fully saturated rings. The van der Waals surface area contributed by atoms with Crippen LogP contribution in [0.1, 0.15) is 0 Å². The molecule has 0 atom stereocenters. The third-order valence-corrected chi connectivity index (χ3v) is 0. The molecule has 0 aliphatic heterocycles. The molecule has 0 amide bonds. The monoisotopic (exact) mass is 332 g/mol. The van der Waals surface area contributed by atoms with Crippen LogP contribution in [-0.4, -0.2) is 79.7 Å². The topological polar surface area (TPSA) is 34.1 Å². The molecule has 0 spiro atoms. The van der Waals surface area contributed by atoms with Gasteiger partial charge in [-0.25, -0.2) is 0 Å². The molecule has 0 aromatic rings. The number of hydrogen-bond donors (Lipinski definition) is 0. The van der Waals surface area contributed by atoms with E-state index in [4.69, 9.17) is 6.15 Å². The summed E-state index contributed by atoms with van der Waals surface area (Å²) < 4.78 is 16.7. The minimum absolute atomic E-state index is 0. The molecular weight excluding hydrogens is 323 g/mol. The summed E-state index contributed by atoms with van der Waals surface area (Å²) in [6, 6.07) is 0. The van der Waals surface area contributed by atoms with E-state index in [0.29, 0.717) is 45.0 Å². The van der Waals surface area contributed by atoms with Gasteiger partial charge in [-0.1, -0.05) is 0 Å². The molecule has 0 N–H and O–H groups in total. The predicted molar refractivity (Wildman–Crippen MR) is 32.8 cm³/mol. The van der Waals surface area contributed by atoms with Crippen LogP contribution >= 0.6 is 0 Å². The molecular formula is H6Al2O2Sn2. The zero-order chi connectivity index (χ0) is 4.00. The Kier molecular flexibility index (Phi) is 222. The van der Waals surface area contributed by atoms with Gasteiger partial charge in [-0.2, -0.15) is 0 Å². The van der Waals surface area contributed by atoms with Crippen molar-refractivity contribution in [1.29, 1.82) is 0 Å². The van der Waals surface area contributed by atoms with Crippen molar-refractivity contribution < 1.29 is 6.15 Å². The number of rotatable bonds is 0. The Labute approximate surface area is 84.6 Å². The summed E-state index contributed by atoms with van der Waals surface area (Å²) in [5, 5.41) is 0. The quantitative estimate of drug-likeness (QED) is 0.435. The Morgan fingerprint density at radius 2 is 0.667 bits per heavy atom. The van der Waals surface area contributed by atoms with E-state index in [2.05, 4.69) is 0 Å². The summed E-state index contributed by atoms with van der Waals surface area (Å²) in [5.74, 6) is 0. The SMILES string of the molecule is [AlH3].[AlH3].[O]=[Sn].[O]=[Sn]. The van der Waals surface area contributed by atoms with Crippen LogP contribution in [0, 0.1) is 0 Å². The molecule has 0 saturated heterocycles. The summed E-state index contributed by atoms with van der Waals surface area (Å²) in [5.41, 5.74) is 0. The van der Waals surface area contributed by atoms with Gasteiger partial charge >= 0.3 is 51.2 Å². The molecule has 6 heteroatoms. The second-order valence-corrected chi connectivity index (χ2v) is 0. The van der Waals surface area contributed by atoms with Crippen molar-refractivity contribution in [1.82, 2.24) is 0 Å². The Balaban J connectivity index is -0.00000000500. The molecule has 2 nitrogen and oxygen atoms in total. The van der Waals surface area contributed by atoms with Gasteiger partial charge in [0.2, 0.25) is 0 Å². The van der Waals surface area contributed by atoms with Crippen LogP contribution < -0.4 is 0 Å². The first kappa shape index (κ1) is 24.0. The zero-order valence-corrected chi connectivity index (χ0v) is 7.52. The molecule has 0 aliphatic carbocycles. The van der Waals surface area contributed by atoms with Crippen molar-refractivity contribution in [3.8, 4) is 0 Å². The summed E-state index contributed by atoms with van der Waals surface area (Å²) in [6.07, 6.45) is 0. The Bertz CT molecular complexity index is 11.5. The van der Waals surface area contributed by atoms with Gasteiger partial charge in [-0.15, -0.1) is 0 Å². The molecule has 0 heterocycles. The average molecular weight is 329 g/mol. The van der Waals surface area contributed by atoms with E-state index in [-0.39, 0.29) is 34.7 Å². The summed E-state index contributed by atoms with van der Waals surface area (Å²) in [7, 11) is 0. The van der Waals surface area contributed by atoms with Crippen LogP contribution in [0.4, 0.5) is 0 Å². The predicted octanol–water partition coefficient (Wildman–Crippen LogP) is -3.37. The Hall–Kier alpha value is 2.26. The van der Waals surface area contributed by atoms with Crippen molar-refractivity contribution in [3.05, 3.63) is 0 Å². The second kappa shape index (κ2) is 55.6. The molecule has 0 aromatic carbocycles. The van der Waals surface area contributed by atoms with Gasteiger partial charge in [0.25, 0.3) is 0 Å². The van der Waals surface area contributed by atoms with Crippen molar-refractivity contribution in [3.63, 3.8) is 0 Å². The van der Waals surface area contributed by atoms with Crippen LogP contribution in [0.5, 0.6) is 0 Å². The number of hydrogen-bond acceptors (Lipinski definition) is 2. The fourth-order valence-corrected chi connectivity index (χ4v) is 0. The molecule has 6 heavy (non-hydrogen) atoms. The molecule has 0 aromatic heterocycles. The van der Waals surface area contributed by atoms with E-state index < -0.39 is 0 Å². The van der Waals surface area contributed by atoms with Gasteiger partial charge < -0.3 is 0 Å². The molecule has 0 rings (SSSR count). The molecule has 0 unspecified atom stereocenters. The second-order valence-electron chi connectivity index (χ2n) is 0. The van der Waals surface area contributed by atoms with Crippen LogP contribution in [0.3, 0.4) is 0 Å². The Morgan fingerprint density at radius 3 is 0.667 bits per heavy atom. The van der Waals surface area contributed by atoms with E-state index in [0.717, 1.165) is 0 Å². The first-order valence-corrected chi connectivity index (χ1v) is 2.74. The molecule has 0 saturated carbocycles. The van der Waals surface area contributed by atoms with Crippen molar-refractivity contribution in [2.45, 2.75) is 0 Å².